The van der Waals surface area contributed by atoms with Crippen LogP contribution in [0.4, 0.5) is 24.7 Å². The van der Waals surface area contributed by atoms with Crippen LogP contribution < -0.4 is 5.32 Å². The van der Waals surface area contributed by atoms with Crippen LogP contribution in [0.15, 0.2) is 30.9 Å². The van der Waals surface area contributed by atoms with Gasteiger partial charge in [-0.1, -0.05) is 0 Å². The van der Waals surface area contributed by atoms with Crippen molar-refractivity contribution in [3.05, 3.63) is 36.5 Å². The Bertz CT molecular complexity index is 773. The van der Waals surface area contributed by atoms with E-state index in [-0.39, 0.29) is 11.3 Å². The molecule has 0 radical (unpaired) electrons. The number of aromatic nitrogens is 5. The lowest BCUT2D eigenvalue weighted by Gasteiger charge is -2.03. The number of fused-ring (bicyclic) bond motifs is 1. The summed E-state index contributed by atoms with van der Waals surface area (Å²) >= 11 is 0. The van der Waals surface area contributed by atoms with Gasteiger partial charge in [0.25, 0.3) is 0 Å². The molecule has 0 aliphatic rings. The fourth-order valence-corrected chi connectivity index (χ4v) is 1.89. The van der Waals surface area contributed by atoms with E-state index in [2.05, 4.69) is 20.5 Å². The molecule has 0 atom stereocenters. The van der Waals surface area contributed by atoms with E-state index < -0.39 is 11.9 Å². The van der Waals surface area contributed by atoms with Gasteiger partial charge in [0.05, 0.1) is 11.9 Å². The lowest BCUT2D eigenvalue weighted by Crippen LogP contribution is -2.05. The van der Waals surface area contributed by atoms with Crippen molar-refractivity contribution in [1.82, 2.24) is 24.4 Å². The van der Waals surface area contributed by atoms with Crippen LogP contribution in [0.3, 0.4) is 0 Å². The van der Waals surface area contributed by atoms with Crippen LogP contribution in [0.1, 0.15) is 12.6 Å². The van der Waals surface area contributed by atoms with E-state index in [1.54, 1.807) is 17.1 Å². The number of hydrogen-bond donors (Lipinski definition) is 1. The van der Waals surface area contributed by atoms with Gasteiger partial charge in [0.2, 0.25) is 0 Å². The molecule has 0 aliphatic heterocycles. The largest absolute Gasteiger partial charge is 0.435 e. The molecule has 0 bridgehead atoms. The SMILES string of the molecule is CCn1cc(Nc2nccn3nc(C(F)(F)F)cc23)cn1. The average molecular weight is 296 g/mol. The van der Waals surface area contributed by atoms with Crippen LogP contribution >= 0.6 is 0 Å². The number of hydrogen-bond acceptors (Lipinski definition) is 4. The first-order valence-corrected chi connectivity index (χ1v) is 6.18. The van der Waals surface area contributed by atoms with Gasteiger partial charge in [-0.25, -0.2) is 9.50 Å². The maximum Gasteiger partial charge on any atom is 0.435 e. The van der Waals surface area contributed by atoms with Crippen molar-refractivity contribution >= 4 is 17.0 Å². The van der Waals surface area contributed by atoms with Gasteiger partial charge in [-0.2, -0.15) is 23.4 Å². The Hall–Kier alpha value is -2.58. The number of halogens is 3. The number of rotatable bonds is 3. The van der Waals surface area contributed by atoms with Crippen molar-refractivity contribution in [3.8, 4) is 0 Å². The Balaban J connectivity index is 2.00. The molecule has 21 heavy (non-hydrogen) atoms. The summed E-state index contributed by atoms with van der Waals surface area (Å²) < 4.78 is 40.9. The summed E-state index contributed by atoms with van der Waals surface area (Å²) in [6.45, 7) is 2.63. The molecule has 9 heteroatoms. The van der Waals surface area contributed by atoms with E-state index in [0.29, 0.717) is 12.2 Å². The second kappa shape index (κ2) is 4.76. The van der Waals surface area contributed by atoms with Crippen LogP contribution in [0, 0.1) is 0 Å². The summed E-state index contributed by atoms with van der Waals surface area (Å²) in [6, 6.07) is 0.958. The predicted molar refractivity (Wildman–Crippen MR) is 69.2 cm³/mol. The van der Waals surface area contributed by atoms with E-state index in [1.165, 1.54) is 12.4 Å². The minimum atomic E-state index is -4.49. The van der Waals surface area contributed by atoms with Gasteiger partial charge in [0.1, 0.15) is 5.52 Å². The Morgan fingerprint density at radius 2 is 2.14 bits per heavy atom. The van der Waals surface area contributed by atoms with E-state index in [4.69, 9.17) is 0 Å². The van der Waals surface area contributed by atoms with Gasteiger partial charge < -0.3 is 5.32 Å². The lowest BCUT2D eigenvalue weighted by atomic mass is 10.3. The van der Waals surface area contributed by atoms with Crippen molar-refractivity contribution in [1.29, 1.82) is 0 Å². The smallest absolute Gasteiger partial charge is 0.336 e. The van der Waals surface area contributed by atoms with Crippen LogP contribution in [-0.2, 0) is 12.7 Å². The second-order valence-electron chi connectivity index (χ2n) is 4.34. The van der Waals surface area contributed by atoms with Gasteiger partial charge in [0.15, 0.2) is 11.5 Å². The molecular formula is C12H11F3N6. The zero-order chi connectivity index (χ0) is 15.0. The lowest BCUT2D eigenvalue weighted by molar-refractivity contribution is -0.141. The fourth-order valence-electron chi connectivity index (χ4n) is 1.89. The predicted octanol–water partition coefficient (Wildman–Crippen LogP) is 2.71. The van der Waals surface area contributed by atoms with Gasteiger partial charge >= 0.3 is 6.18 Å². The molecule has 3 heterocycles. The molecule has 0 unspecified atom stereocenters. The highest BCUT2D eigenvalue weighted by molar-refractivity contribution is 5.72. The molecular weight excluding hydrogens is 285 g/mol. The van der Waals surface area contributed by atoms with E-state index in [9.17, 15) is 13.2 Å². The minimum Gasteiger partial charge on any atom is -0.336 e. The van der Waals surface area contributed by atoms with Gasteiger partial charge in [-0.05, 0) is 6.92 Å². The first-order valence-electron chi connectivity index (χ1n) is 6.18. The number of aryl methyl sites for hydroxylation is 1. The van der Waals surface area contributed by atoms with Crippen LogP contribution in [0.5, 0.6) is 0 Å². The quantitative estimate of drug-likeness (QED) is 0.807. The third kappa shape index (κ3) is 2.54. The van der Waals surface area contributed by atoms with Crippen molar-refractivity contribution in [2.24, 2.45) is 0 Å². The highest BCUT2D eigenvalue weighted by Gasteiger charge is 2.34. The monoisotopic (exact) mass is 296 g/mol. The van der Waals surface area contributed by atoms with Gasteiger partial charge in [-0.3, -0.25) is 4.68 Å². The van der Waals surface area contributed by atoms with Crippen LogP contribution in [0.25, 0.3) is 5.52 Å². The summed E-state index contributed by atoms with van der Waals surface area (Å²) in [5.41, 5.74) is -0.0657. The Morgan fingerprint density at radius 1 is 1.33 bits per heavy atom. The molecule has 0 aliphatic carbocycles. The summed E-state index contributed by atoms with van der Waals surface area (Å²) in [6.07, 6.45) is 1.58. The summed E-state index contributed by atoms with van der Waals surface area (Å²) in [7, 11) is 0. The average Bonchev–Trinajstić information content (AvgIpc) is 3.04. The molecule has 0 spiro atoms. The molecule has 110 valence electrons. The molecule has 0 aromatic carbocycles. The topological polar surface area (TPSA) is 60.0 Å². The van der Waals surface area contributed by atoms with Crippen molar-refractivity contribution in [2.75, 3.05) is 5.32 Å². The maximum absolute atomic E-state index is 12.7. The molecule has 6 nitrogen and oxygen atoms in total. The molecule has 3 aromatic rings. The highest BCUT2D eigenvalue weighted by Crippen LogP contribution is 2.30. The molecule has 0 saturated carbocycles. The second-order valence-corrected chi connectivity index (χ2v) is 4.34. The Labute approximate surface area is 117 Å². The molecule has 3 aromatic heterocycles. The maximum atomic E-state index is 12.7. The first-order chi connectivity index (χ1) is 9.97. The van der Waals surface area contributed by atoms with Gasteiger partial charge in [0, 0.05) is 31.2 Å². The summed E-state index contributed by atoms with van der Waals surface area (Å²) in [4.78, 5) is 4.06. The number of alkyl halides is 3. The van der Waals surface area contributed by atoms with Crippen molar-refractivity contribution in [3.63, 3.8) is 0 Å². The summed E-state index contributed by atoms with van der Waals surface area (Å²) in [5.74, 6) is 0.288. The van der Waals surface area contributed by atoms with E-state index >= 15 is 0 Å². The fraction of sp³-hybridized carbons (Fsp3) is 0.250. The van der Waals surface area contributed by atoms with Gasteiger partial charge in [-0.15, -0.1) is 0 Å². The molecule has 0 amide bonds. The standard InChI is InChI=1S/C12H11F3N6/c1-2-20-7-8(6-17-20)18-11-9-5-10(12(13,14)15)19-21(9)4-3-16-11/h3-7H,2H2,1H3,(H,16,18). The molecule has 3 rings (SSSR count). The molecule has 0 saturated heterocycles. The Kier molecular flexibility index (Phi) is 3.04. The molecule has 1 N–H and O–H groups in total. The normalized spacial score (nSPS) is 12.0. The highest BCUT2D eigenvalue weighted by atomic mass is 19.4. The first kappa shape index (κ1) is 13.4. The third-order valence-corrected chi connectivity index (χ3v) is 2.90. The number of nitrogens with one attached hydrogen (secondary N) is 1. The summed E-state index contributed by atoms with van der Waals surface area (Å²) in [5, 5.41) is 10.5. The van der Waals surface area contributed by atoms with E-state index in [0.717, 1.165) is 10.6 Å². The van der Waals surface area contributed by atoms with E-state index in [1.807, 2.05) is 6.92 Å². The Morgan fingerprint density at radius 3 is 2.81 bits per heavy atom. The molecule has 0 fully saturated rings. The van der Waals surface area contributed by atoms with Crippen molar-refractivity contribution < 1.29 is 13.2 Å². The minimum absolute atomic E-state index is 0.245. The van der Waals surface area contributed by atoms with Crippen LogP contribution in [0.2, 0.25) is 0 Å². The third-order valence-electron chi connectivity index (χ3n) is 2.90. The van der Waals surface area contributed by atoms with Crippen molar-refractivity contribution in [2.45, 2.75) is 19.6 Å². The zero-order valence-electron chi connectivity index (χ0n) is 11.0. The number of anilines is 2. The number of nitrogens with zero attached hydrogens (tertiary/aromatic N) is 5. The van der Waals surface area contributed by atoms with Crippen LogP contribution in [-0.4, -0.2) is 24.4 Å². The zero-order valence-corrected chi connectivity index (χ0v) is 11.0.